The maximum atomic E-state index is 13.0. The molecule has 0 saturated carbocycles. The maximum absolute atomic E-state index is 13.0. The average Bonchev–Trinajstić information content (AvgIpc) is 3.02. The molecule has 4 rings (SSSR count). The fourth-order valence-electron chi connectivity index (χ4n) is 3.83. The van der Waals surface area contributed by atoms with Crippen LogP contribution in [0.5, 0.6) is 0 Å². The van der Waals surface area contributed by atoms with Crippen LogP contribution in [-0.4, -0.2) is 28.4 Å². The lowest BCUT2D eigenvalue weighted by Crippen LogP contribution is -2.33. The van der Waals surface area contributed by atoms with E-state index in [2.05, 4.69) is 16.4 Å². The molecule has 1 N–H and O–H groups in total. The standard InChI is InChI=1S/C21H21FN4O/c22-17-7-5-14(6-8-17)13-26-10-9-19(21(26)27)25-20-16(12-23)11-15-3-1-2-4-18(15)24-20/h5-8,11,19H,1-4,9-10,13H2,(H,24,25). The Morgan fingerprint density at radius 2 is 2.04 bits per heavy atom. The number of aromatic nitrogens is 1. The molecule has 0 bridgehead atoms. The molecule has 1 aliphatic carbocycles. The summed E-state index contributed by atoms with van der Waals surface area (Å²) in [6.45, 7) is 1.08. The zero-order chi connectivity index (χ0) is 18.8. The minimum absolute atomic E-state index is 0.0114. The summed E-state index contributed by atoms with van der Waals surface area (Å²) < 4.78 is 13.0. The summed E-state index contributed by atoms with van der Waals surface area (Å²) in [5, 5.41) is 12.7. The number of likely N-dealkylation sites (tertiary alicyclic amines) is 1. The summed E-state index contributed by atoms with van der Waals surface area (Å²) in [6.07, 6.45) is 4.78. The molecule has 1 aliphatic heterocycles. The number of amides is 1. The smallest absolute Gasteiger partial charge is 0.245 e. The van der Waals surface area contributed by atoms with Crippen LogP contribution in [0.2, 0.25) is 0 Å². The van der Waals surface area contributed by atoms with Crippen LogP contribution in [0.25, 0.3) is 0 Å². The molecule has 2 aliphatic rings. The zero-order valence-corrected chi connectivity index (χ0v) is 15.0. The first-order valence-electron chi connectivity index (χ1n) is 9.36. The molecule has 1 unspecified atom stereocenters. The van der Waals surface area contributed by atoms with Gasteiger partial charge in [-0.15, -0.1) is 0 Å². The van der Waals surface area contributed by atoms with E-state index in [1.807, 2.05) is 6.07 Å². The second-order valence-electron chi connectivity index (χ2n) is 7.18. The molecule has 6 heteroatoms. The zero-order valence-electron chi connectivity index (χ0n) is 15.0. The summed E-state index contributed by atoms with van der Waals surface area (Å²) in [5.74, 6) is 0.219. The molecular weight excluding hydrogens is 343 g/mol. The summed E-state index contributed by atoms with van der Waals surface area (Å²) >= 11 is 0. The van der Waals surface area contributed by atoms with Gasteiger partial charge < -0.3 is 10.2 Å². The van der Waals surface area contributed by atoms with Crippen molar-refractivity contribution in [1.82, 2.24) is 9.88 Å². The van der Waals surface area contributed by atoms with Gasteiger partial charge in [0.05, 0.1) is 5.56 Å². The third kappa shape index (κ3) is 3.63. The van der Waals surface area contributed by atoms with E-state index < -0.39 is 0 Å². The minimum atomic E-state index is -0.383. The van der Waals surface area contributed by atoms with Crippen LogP contribution in [0.1, 0.15) is 41.6 Å². The molecule has 1 atom stereocenters. The number of fused-ring (bicyclic) bond motifs is 1. The van der Waals surface area contributed by atoms with E-state index >= 15 is 0 Å². The van der Waals surface area contributed by atoms with Gasteiger partial charge in [-0.3, -0.25) is 4.79 Å². The highest BCUT2D eigenvalue weighted by Crippen LogP contribution is 2.26. The van der Waals surface area contributed by atoms with Crippen molar-refractivity contribution >= 4 is 11.7 Å². The Morgan fingerprint density at radius 3 is 2.81 bits per heavy atom. The maximum Gasteiger partial charge on any atom is 0.245 e. The minimum Gasteiger partial charge on any atom is -0.357 e. The summed E-state index contributed by atoms with van der Waals surface area (Å²) in [5.41, 5.74) is 3.59. The van der Waals surface area contributed by atoms with Crippen molar-refractivity contribution in [2.75, 3.05) is 11.9 Å². The first-order chi connectivity index (χ1) is 13.1. The highest BCUT2D eigenvalue weighted by atomic mass is 19.1. The Kier molecular flexibility index (Phi) is 4.76. The normalized spacial score (nSPS) is 18.9. The number of rotatable bonds is 4. The van der Waals surface area contributed by atoms with Crippen molar-refractivity contribution in [3.8, 4) is 6.07 Å². The number of nitriles is 1. The van der Waals surface area contributed by atoms with Gasteiger partial charge in [-0.05, 0) is 61.4 Å². The number of hydrogen-bond acceptors (Lipinski definition) is 4. The molecule has 1 amide bonds. The van der Waals surface area contributed by atoms with E-state index in [4.69, 9.17) is 0 Å². The lowest BCUT2D eigenvalue weighted by Gasteiger charge is -2.20. The van der Waals surface area contributed by atoms with Gasteiger partial charge in [0.2, 0.25) is 5.91 Å². The predicted octanol–water partition coefficient (Wildman–Crippen LogP) is 3.18. The molecular formula is C21H21FN4O. The molecule has 1 fully saturated rings. The molecule has 5 nitrogen and oxygen atoms in total. The molecule has 2 heterocycles. The van der Waals surface area contributed by atoms with Crippen LogP contribution < -0.4 is 5.32 Å². The number of carbonyl (C=O) groups excluding carboxylic acids is 1. The number of hydrogen-bond donors (Lipinski definition) is 1. The van der Waals surface area contributed by atoms with Crippen molar-refractivity contribution in [3.05, 3.63) is 58.5 Å². The number of carbonyl (C=O) groups is 1. The number of halogens is 1. The first-order valence-corrected chi connectivity index (χ1v) is 9.36. The third-order valence-corrected chi connectivity index (χ3v) is 5.32. The molecule has 0 spiro atoms. The van der Waals surface area contributed by atoms with Gasteiger partial charge in [0, 0.05) is 18.8 Å². The van der Waals surface area contributed by atoms with Crippen LogP contribution in [0.15, 0.2) is 30.3 Å². The van der Waals surface area contributed by atoms with Crippen LogP contribution in [0.3, 0.4) is 0 Å². The number of anilines is 1. The second kappa shape index (κ2) is 7.36. The van der Waals surface area contributed by atoms with Gasteiger partial charge in [-0.1, -0.05) is 12.1 Å². The highest BCUT2D eigenvalue weighted by molar-refractivity contribution is 5.86. The molecule has 1 saturated heterocycles. The molecule has 138 valence electrons. The average molecular weight is 364 g/mol. The van der Waals surface area contributed by atoms with E-state index in [1.54, 1.807) is 17.0 Å². The molecule has 27 heavy (non-hydrogen) atoms. The molecule has 2 aromatic rings. The Morgan fingerprint density at radius 1 is 1.26 bits per heavy atom. The Bertz CT molecular complexity index is 904. The van der Waals surface area contributed by atoms with Crippen molar-refractivity contribution in [3.63, 3.8) is 0 Å². The summed E-state index contributed by atoms with van der Waals surface area (Å²) in [7, 11) is 0. The van der Waals surface area contributed by atoms with Gasteiger partial charge in [-0.25, -0.2) is 9.37 Å². The topological polar surface area (TPSA) is 69.0 Å². The van der Waals surface area contributed by atoms with Crippen LogP contribution >= 0.6 is 0 Å². The number of nitrogens with zero attached hydrogens (tertiary/aromatic N) is 3. The Balaban J connectivity index is 1.48. The third-order valence-electron chi connectivity index (χ3n) is 5.32. The summed E-state index contributed by atoms with van der Waals surface area (Å²) in [6, 6.07) is 9.94. The Hall–Kier alpha value is -2.94. The number of benzene rings is 1. The monoisotopic (exact) mass is 364 g/mol. The number of nitrogens with one attached hydrogen (secondary N) is 1. The fraction of sp³-hybridized carbons (Fsp3) is 0.381. The van der Waals surface area contributed by atoms with E-state index in [0.29, 0.717) is 30.9 Å². The number of aryl methyl sites for hydroxylation is 2. The van der Waals surface area contributed by atoms with Crippen molar-refractivity contribution < 1.29 is 9.18 Å². The van der Waals surface area contributed by atoms with Crippen molar-refractivity contribution in [1.29, 1.82) is 5.26 Å². The van der Waals surface area contributed by atoms with Crippen LogP contribution in [-0.2, 0) is 24.2 Å². The van der Waals surface area contributed by atoms with Crippen molar-refractivity contribution in [2.24, 2.45) is 0 Å². The van der Waals surface area contributed by atoms with Crippen LogP contribution in [0.4, 0.5) is 10.2 Å². The SMILES string of the molecule is N#Cc1cc2c(nc1NC1CCN(Cc3ccc(F)cc3)C1=O)CCCC2. The van der Waals surface area contributed by atoms with Crippen LogP contribution in [0, 0.1) is 17.1 Å². The van der Waals surface area contributed by atoms with E-state index in [9.17, 15) is 14.4 Å². The molecule has 1 aromatic carbocycles. The number of pyridine rings is 1. The van der Waals surface area contributed by atoms with Gasteiger partial charge in [0.1, 0.15) is 23.7 Å². The quantitative estimate of drug-likeness (QED) is 0.905. The lowest BCUT2D eigenvalue weighted by atomic mass is 9.95. The fourth-order valence-corrected chi connectivity index (χ4v) is 3.83. The van der Waals surface area contributed by atoms with E-state index in [-0.39, 0.29) is 17.8 Å². The molecule has 1 aromatic heterocycles. The second-order valence-corrected chi connectivity index (χ2v) is 7.18. The largest absolute Gasteiger partial charge is 0.357 e. The highest BCUT2D eigenvalue weighted by Gasteiger charge is 2.32. The summed E-state index contributed by atoms with van der Waals surface area (Å²) in [4.78, 5) is 19.2. The first kappa shape index (κ1) is 17.5. The van der Waals surface area contributed by atoms with E-state index in [0.717, 1.165) is 42.5 Å². The molecule has 0 radical (unpaired) electrons. The Labute approximate surface area is 157 Å². The van der Waals surface area contributed by atoms with Crippen molar-refractivity contribution in [2.45, 2.75) is 44.7 Å². The van der Waals surface area contributed by atoms with E-state index in [1.165, 1.54) is 12.1 Å². The van der Waals surface area contributed by atoms with Gasteiger partial charge in [-0.2, -0.15) is 5.26 Å². The van der Waals surface area contributed by atoms with Gasteiger partial charge in [0.15, 0.2) is 0 Å². The lowest BCUT2D eigenvalue weighted by molar-refractivity contribution is -0.128. The predicted molar refractivity (Wildman–Crippen MR) is 99.4 cm³/mol. The van der Waals surface area contributed by atoms with Gasteiger partial charge in [0.25, 0.3) is 0 Å². The van der Waals surface area contributed by atoms with Gasteiger partial charge >= 0.3 is 0 Å².